The smallest absolute Gasteiger partial charge is 0.271 e. The van der Waals surface area contributed by atoms with Crippen molar-refractivity contribution in [2.45, 2.75) is 30.1 Å². The third-order valence-electron chi connectivity index (χ3n) is 5.41. The van der Waals surface area contributed by atoms with Gasteiger partial charge in [-0.25, -0.2) is 17.2 Å². The normalized spacial score (nSPS) is 18.9. The van der Waals surface area contributed by atoms with Crippen molar-refractivity contribution in [2.75, 3.05) is 29.8 Å². The van der Waals surface area contributed by atoms with Crippen molar-refractivity contribution in [3.8, 4) is 16.2 Å². The Balaban J connectivity index is 1.63. The molecule has 10 heteroatoms. The highest BCUT2D eigenvalue weighted by molar-refractivity contribution is 7.94. The van der Waals surface area contributed by atoms with Crippen LogP contribution < -0.4 is 19.7 Å². The van der Waals surface area contributed by atoms with Crippen LogP contribution in [0.25, 0.3) is 10.4 Å². The molecule has 0 radical (unpaired) electrons. The number of ether oxygens (including phenoxy) is 1. The monoisotopic (exact) mass is 493 g/mol. The van der Waals surface area contributed by atoms with E-state index in [2.05, 4.69) is 28.8 Å². The van der Waals surface area contributed by atoms with Crippen LogP contribution in [-0.4, -0.2) is 40.7 Å². The minimum atomic E-state index is -3.98. The first kappa shape index (κ1) is 23.5. The Bertz CT molecular complexity index is 1250. The van der Waals surface area contributed by atoms with Gasteiger partial charge in [0.15, 0.2) is 11.6 Å². The van der Waals surface area contributed by atoms with Gasteiger partial charge in [0.25, 0.3) is 10.0 Å². The van der Waals surface area contributed by atoms with E-state index in [9.17, 15) is 17.2 Å². The van der Waals surface area contributed by atoms with Crippen LogP contribution in [0.4, 0.5) is 20.2 Å². The number of nitrogens with zero attached hydrogens (tertiary/aromatic N) is 1. The molecule has 1 aliphatic rings. The van der Waals surface area contributed by atoms with Gasteiger partial charge in [-0.3, -0.25) is 4.72 Å². The Hall–Kier alpha value is -2.69. The van der Waals surface area contributed by atoms with E-state index in [0.717, 1.165) is 36.2 Å². The lowest BCUT2D eigenvalue weighted by Crippen LogP contribution is -2.54. The molecular weight excluding hydrogens is 468 g/mol. The van der Waals surface area contributed by atoms with E-state index in [-0.39, 0.29) is 9.77 Å². The number of sulfonamides is 1. The summed E-state index contributed by atoms with van der Waals surface area (Å²) in [5.41, 5.74) is 1.20. The molecule has 2 atom stereocenters. The molecule has 0 bridgehead atoms. The van der Waals surface area contributed by atoms with E-state index in [1.807, 2.05) is 6.07 Å². The van der Waals surface area contributed by atoms with Crippen molar-refractivity contribution >= 4 is 32.7 Å². The number of rotatable bonds is 6. The zero-order valence-corrected chi connectivity index (χ0v) is 20.1. The first-order valence-electron chi connectivity index (χ1n) is 10.4. The topological polar surface area (TPSA) is 70.7 Å². The summed E-state index contributed by atoms with van der Waals surface area (Å²) in [7, 11) is -2.51. The molecule has 1 fully saturated rings. The molecule has 6 nitrogen and oxygen atoms in total. The number of nitrogens with one attached hydrogen (secondary N) is 2. The van der Waals surface area contributed by atoms with Crippen molar-refractivity contribution < 1.29 is 21.9 Å². The second kappa shape index (κ2) is 9.28. The van der Waals surface area contributed by atoms with Crippen LogP contribution in [0.2, 0.25) is 0 Å². The second-order valence-corrected chi connectivity index (χ2v) is 11.1. The summed E-state index contributed by atoms with van der Waals surface area (Å²) >= 11 is 0.865. The predicted octanol–water partition coefficient (Wildman–Crippen LogP) is 4.69. The third-order valence-corrected chi connectivity index (χ3v) is 8.39. The van der Waals surface area contributed by atoms with Gasteiger partial charge in [-0.05, 0) is 50.2 Å². The molecule has 1 aliphatic heterocycles. The standard InChI is InChI=1S/C23H25F2N3O3S2/c1-14-12-28(13-15(2)26-14)16-7-8-20(31-3)19(11-16)27-33(29,30)22-10-9-21(32-22)17-5-4-6-18(24)23(17)25/h4-11,14-15,26-27H,12-13H2,1-3H3. The molecule has 2 aromatic carbocycles. The first-order chi connectivity index (χ1) is 15.7. The minimum Gasteiger partial charge on any atom is -0.495 e. The SMILES string of the molecule is COc1ccc(N2CC(C)NC(C)C2)cc1NS(=O)(=O)c1ccc(-c2cccc(F)c2F)s1. The molecule has 1 saturated heterocycles. The Morgan fingerprint density at radius 2 is 1.82 bits per heavy atom. The van der Waals surface area contributed by atoms with Crippen molar-refractivity contribution in [2.24, 2.45) is 0 Å². The van der Waals surface area contributed by atoms with E-state index in [0.29, 0.717) is 28.4 Å². The number of thiophene rings is 1. The van der Waals surface area contributed by atoms with Gasteiger partial charge >= 0.3 is 0 Å². The van der Waals surface area contributed by atoms with E-state index >= 15 is 0 Å². The molecule has 33 heavy (non-hydrogen) atoms. The summed E-state index contributed by atoms with van der Waals surface area (Å²) in [4.78, 5) is 2.51. The van der Waals surface area contributed by atoms with Crippen LogP contribution in [0.1, 0.15) is 13.8 Å². The quantitative estimate of drug-likeness (QED) is 0.521. The summed E-state index contributed by atoms with van der Waals surface area (Å²) in [6.45, 7) is 5.78. The fraction of sp³-hybridized carbons (Fsp3) is 0.304. The van der Waals surface area contributed by atoms with E-state index in [4.69, 9.17) is 4.74 Å². The molecule has 2 heterocycles. The number of methoxy groups -OCH3 is 1. The number of hydrogen-bond acceptors (Lipinski definition) is 6. The van der Waals surface area contributed by atoms with Crippen molar-refractivity contribution in [3.05, 3.63) is 60.2 Å². The average molecular weight is 494 g/mol. The van der Waals surface area contributed by atoms with Crippen molar-refractivity contribution in [1.29, 1.82) is 0 Å². The molecule has 176 valence electrons. The number of hydrogen-bond donors (Lipinski definition) is 2. The Morgan fingerprint density at radius 3 is 2.52 bits per heavy atom. The summed E-state index contributed by atoms with van der Waals surface area (Å²) in [5, 5.41) is 3.47. The van der Waals surface area contributed by atoms with Crippen molar-refractivity contribution in [3.63, 3.8) is 0 Å². The molecule has 2 unspecified atom stereocenters. The summed E-state index contributed by atoms with van der Waals surface area (Å²) in [6, 6.07) is 12.6. The zero-order chi connectivity index (χ0) is 23.8. The molecule has 3 aromatic rings. The van der Waals surface area contributed by atoms with E-state index < -0.39 is 21.7 Å². The highest BCUT2D eigenvalue weighted by Crippen LogP contribution is 2.36. The minimum absolute atomic E-state index is 0.0157. The van der Waals surface area contributed by atoms with Gasteiger partial charge < -0.3 is 15.0 Å². The van der Waals surface area contributed by atoms with Gasteiger partial charge in [0.2, 0.25) is 0 Å². The molecule has 2 N–H and O–H groups in total. The van der Waals surface area contributed by atoms with Gasteiger partial charge in [0.1, 0.15) is 9.96 Å². The summed E-state index contributed by atoms with van der Waals surface area (Å²) in [5.74, 6) is -1.61. The molecule has 0 aliphatic carbocycles. The lowest BCUT2D eigenvalue weighted by atomic mass is 10.1. The fourth-order valence-corrected chi connectivity index (χ4v) is 6.40. The Labute approximate surface area is 196 Å². The largest absolute Gasteiger partial charge is 0.495 e. The van der Waals surface area contributed by atoms with Crippen LogP contribution in [0.5, 0.6) is 5.75 Å². The summed E-state index contributed by atoms with van der Waals surface area (Å²) < 4.78 is 61.9. The lowest BCUT2D eigenvalue weighted by Gasteiger charge is -2.38. The number of halogens is 2. The Morgan fingerprint density at radius 1 is 1.09 bits per heavy atom. The van der Waals surface area contributed by atoms with Crippen LogP contribution >= 0.6 is 11.3 Å². The second-order valence-electron chi connectivity index (χ2n) is 8.08. The number of benzene rings is 2. The fourth-order valence-electron chi connectivity index (χ4n) is 4.01. The van der Waals surface area contributed by atoms with Crippen LogP contribution in [-0.2, 0) is 10.0 Å². The zero-order valence-electron chi connectivity index (χ0n) is 18.4. The maximum Gasteiger partial charge on any atom is 0.271 e. The molecule has 0 amide bonds. The highest BCUT2D eigenvalue weighted by atomic mass is 32.2. The maximum absolute atomic E-state index is 14.2. The average Bonchev–Trinajstić information content (AvgIpc) is 3.26. The van der Waals surface area contributed by atoms with Gasteiger partial charge in [0, 0.05) is 41.3 Å². The number of piperazine rings is 1. The number of anilines is 2. The molecule has 0 saturated carbocycles. The van der Waals surface area contributed by atoms with Crippen LogP contribution in [0, 0.1) is 11.6 Å². The predicted molar refractivity (Wildman–Crippen MR) is 128 cm³/mol. The molecule has 4 rings (SSSR count). The molecular formula is C23H25F2N3O3S2. The lowest BCUT2D eigenvalue weighted by molar-refractivity contribution is 0.406. The molecule has 0 spiro atoms. The van der Waals surface area contributed by atoms with Gasteiger partial charge in [-0.15, -0.1) is 11.3 Å². The Kier molecular flexibility index (Phi) is 6.60. The van der Waals surface area contributed by atoms with Crippen LogP contribution in [0.15, 0.2) is 52.7 Å². The highest BCUT2D eigenvalue weighted by Gasteiger charge is 2.24. The van der Waals surface area contributed by atoms with E-state index in [1.54, 1.807) is 12.1 Å². The van der Waals surface area contributed by atoms with Gasteiger partial charge in [-0.2, -0.15) is 0 Å². The summed E-state index contributed by atoms with van der Waals surface area (Å²) in [6.07, 6.45) is 0. The van der Waals surface area contributed by atoms with Crippen molar-refractivity contribution in [1.82, 2.24) is 5.32 Å². The van der Waals surface area contributed by atoms with E-state index in [1.165, 1.54) is 31.4 Å². The van der Waals surface area contributed by atoms with Gasteiger partial charge in [0.05, 0.1) is 12.8 Å². The van der Waals surface area contributed by atoms with Crippen LogP contribution in [0.3, 0.4) is 0 Å². The third kappa shape index (κ3) is 4.97. The first-order valence-corrected chi connectivity index (χ1v) is 12.7. The van der Waals surface area contributed by atoms with Gasteiger partial charge in [-0.1, -0.05) is 12.1 Å². The molecule has 1 aromatic heterocycles. The maximum atomic E-state index is 14.2.